The lowest BCUT2D eigenvalue weighted by atomic mass is 10.2. The number of thiazole rings is 1. The van der Waals surface area contributed by atoms with Crippen molar-refractivity contribution in [3.63, 3.8) is 0 Å². The molecule has 3 rings (SSSR count). The van der Waals surface area contributed by atoms with Gasteiger partial charge in [0.2, 0.25) is 5.91 Å². The summed E-state index contributed by atoms with van der Waals surface area (Å²) >= 11 is 1.55. The van der Waals surface area contributed by atoms with Crippen LogP contribution in [0.2, 0.25) is 0 Å². The van der Waals surface area contributed by atoms with Gasteiger partial charge >= 0.3 is 0 Å². The summed E-state index contributed by atoms with van der Waals surface area (Å²) in [4.78, 5) is 30.6. The van der Waals surface area contributed by atoms with Crippen molar-refractivity contribution >= 4 is 28.8 Å². The van der Waals surface area contributed by atoms with Crippen LogP contribution in [-0.2, 0) is 11.8 Å². The van der Waals surface area contributed by atoms with Crippen molar-refractivity contribution < 1.29 is 14.0 Å². The molecule has 0 saturated carbocycles. The number of hydrogen-bond acceptors (Lipinski definition) is 4. The van der Waals surface area contributed by atoms with Crippen molar-refractivity contribution in [1.82, 2.24) is 14.5 Å². The maximum atomic E-state index is 12.9. The quantitative estimate of drug-likeness (QED) is 0.732. The van der Waals surface area contributed by atoms with Gasteiger partial charge in [-0.25, -0.2) is 9.37 Å². The van der Waals surface area contributed by atoms with Crippen LogP contribution in [0, 0.1) is 12.7 Å². The molecule has 3 aromatic rings. The SMILES string of the molecule is Cc1nc(-c2cc(C(=O)N(C)CC(=O)Nc3ccc(F)cc3)n(C)c2)cs1. The molecule has 1 N–H and O–H groups in total. The van der Waals surface area contributed by atoms with E-state index in [2.05, 4.69) is 10.3 Å². The highest BCUT2D eigenvalue weighted by Gasteiger charge is 2.19. The van der Waals surface area contributed by atoms with Crippen molar-refractivity contribution in [3.8, 4) is 11.3 Å². The maximum Gasteiger partial charge on any atom is 0.270 e. The molecule has 0 unspecified atom stereocenters. The van der Waals surface area contributed by atoms with E-state index in [1.165, 1.54) is 29.2 Å². The molecule has 0 radical (unpaired) electrons. The maximum absolute atomic E-state index is 12.9. The van der Waals surface area contributed by atoms with E-state index < -0.39 is 0 Å². The molecular formula is C19H19FN4O2S. The van der Waals surface area contributed by atoms with Gasteiger partial charge in [0.15, 0.2) is 0 Å². The van der Waals surface area contributed by atoms with E-state index >= 15 is 0 Å². The molecule has 0 spiro atoms. The molecule has 8 heteroatoms. The lowest BCUT2D eigenvalue weighted by Gasteiger charge is -2.17. The summed E-state index contributed by atoms with van der Waals surface area (Å²) in [5.74, 6) is -1.01. The summed E-state index contributed by atoms with van der Waals surface area (Å²) in [6.45, 7) is 1.81. The standard InChI is InChI=1S/C19H19FN4O2S/c1-12-21-16(11-27-12)13-8-17(23(2)9-13)19(26)24(3)10-18(25)22-15-6-4-14(20)5-7-15/h4-9,11H,10H2,1-3H3,(H,22,25). The Kier molecular flexibility index (Phi) is 5.36. The van der Waals surface area contributed by atoms with Gasteiger partial charge in [0.1, 0.15) is 11.5 Å². The van der Waals surface area contributed by atoms with Crippen molar-refractivity contribution in [2.75, 3.05) is 18.9 Å². The van der Waals surface area contributed by atoms with E-state index in [-0.39, 0.29) is 24.2 Å². The predicted molar refractivity (Wildman–Crippen MR) is 103 cm³/mol. The Hall–Kier alpha value is -3.00. The van der Waals surface area contributed by atoms with E-state index in [0.29, 0.717) is 11.4 Å². The fraction of sp³-hybridized carbons (Fsp3) is 0.211. The minimum atomic E-state index is -0.380. The molecule has 27 heavy (non-hydrogen) atoms. The summed E-state index contributed by atoms with van der Waals surface area (Å²) in [5, 5.41) is 5.54. The number of rotatable bonds is 5. The van der Waals surface area contributed by atoms with Crippen LogP contribution in [0.25, 0.3) is 11.3 Å². The van der Waals surface area contributed by atoms with Crippen LogP contribution in [0.3, 0.4) is 0 Å². The van der Waals surface area contributed by atoms with Crippen molar-refractivity contribution in [2.45, 2.75) is 6.92 Å². The Bertz CT molecular complexity index is 978. The van der Waals surface area contributed by atoms with Crippen LogP contribution in [-0.4, -0.2) is 39.9 Å². The number of halogens is 1. The van der Waals surface area contributed by atoms with Gasteiger partial charge in [0.25, 0.3) is 5.91 Å². The van der Waals surface area contributed by atoms with E-state index in [1.54, 1.807) is 36.1 Å². The number of anilines is 1. The van der Waals surface area contributed by atoms with Gasteiger partial charge in [-0.1, -0.05) is 0 Å². The van der Waals surface area contributed by atoms with E-state index in [9.17, 15) is 14.0 Å². The zero-order valence-electron chi connectivity index (χ0n) is 15.2. The van der Waals surface area contributed by atoms with Crippen molar-refractivity contribution in [2.24, 2.45) is 7.05 Å². The smallest absolute Gasteiger partial charge is 0.270 e. The summed E-state index contributed by atoms with van der Waals surface area (Å²) in [6.07, 6.45) is 1.84. The topological polar surface area (TPSA) is 67.2 Å². The van der Waals surface area contributed by atoms with Gasteiger partial charge in [0, 0.05) is 36.9 Å². The number of aromatic nitrogens is 2. The molecule has 2 aromatic heterocycles. The van der Waals surface area contributed by atoms with Crippen LogP contribution >= 0.6 is 11.3 Å². The monoisotopic (exact) mass is 386 g/mol. The fourth-order valence-corrected chi connectivity index (χ4v) is 3.25. The number of benzene rings is 1. The Morgan fingerprint density at radius 3 is 2.63 bits per heavy atom. The van der Waals surface area contributed by atoms with E-state index in [0.717, 1.165) is 16.3 Å². The average Bonchev–Trinajstić information content (AvgIpc) is 3.22. The second-order valence-electron chi connectivity index (χ2n) is 6.19. The van der Waals surface area contributed by atoms with Crippen LogP contribution in [0.1, 0.15) is 15.5 Å². The molecule has 0 aliphatic carbocycles. The number of hydrogen-bond donors (Lipinski definition) is 1. The molecule has 0 atom stereocenters. The van der Waals surface area contributed by atoms with Crippen molar-refractivity contribution in [1.29, 1.82) is 0 Å². The van der Waals surface area contributed by atoms with E-state index in [1.807, 2.05) is 18.5 Å². The van der Waals surface area contributed by atoms with Gasteiger partial charge in [-0.2, -0.15) is 0 Å². The summed E-state index contributed by atoms with van der Waals surface area (Å²) in [6, 6.07) is 7.22. The summed E-state index contributed by atoms with van der Waals surface area (Å²) < 4.78 is 14.6. The number of carbonyl (C=O) groups is 2. The first-order valence-electron chi connectivity index (χ1n) is 8.23. The minimum Gasteiger partial charge on any atom is -0.346 e. The Balaban J connectivity index is 1.67. The molecule has 6 nitrogen and oxygen atoms in total. The highest BCUT2D eigenvalue weighted by molar-refractivity contribution is 7.09. The van der Waals surface area contributed by atoms with Crippen molar-refractivity contribution in [3.05, 3.63) is 58.4 Å². The molecule has 2 heterocycles. The lowest BCUT2D eigenvalue weighted by molar-refractivity contribution is -0.116. The second-order valence-corrected chi connectivity index (χ2v) is 7.26. The van der Waals surface area contributed by atoms with Gasteiger partial charge in [-0.05, 0) is 37.3 Å². The fourth-order valence-electron chi connectivity index (χ4n) is 2.63. The first-order chi connectivity index (χ1) is 12.8. The third-order valence-corrected chi connectivity index (χ3v) is 4.77. The molecule has 1 aromatic carbocycles. The Morgan fingerprint density at radius 2 is 2.00 bits per heavy atom. The highest BCUT2D eigenvalue weighted by atomic mass is 32.1. The third-order valence-electron chi connectivity index (χ3n) is 3.99. The number of likely N-dealkylation sites (N-methyl/N-ethyl adjacent to an activating group) is 1. The molecule has 0 aliphatic rings. The molecule has 0 saturated heterocycles. The van der Waals surface area contributed by atoms with Crippen LogP contribution in [0.5, 0.6) is 0 Å². The Morgan fingerprint density at radius 1 is 1.30 bits per heavy atom. The molecule has 140 valence electrons. The second kappa shape index (κ2) is 7.71. The predicted octanol–water partition coefficient (Wildman–Crippen LogP) is 3.31. The van der Waals surface area contributed by atoms with Gasteiger partial charge < -0.3 is 14.8 Å². The molecule has 0 bridgehead atoms. The molecular weight excluding hydrogens is 367 g/mol. The van der Waals surface area contributed by atoms with Gasteiger partial charge in [0.05, 0.1) is 17.2 Å². The zero-order valence-corrected chi connectivity index (χ0v) is 16.0. The molecule has 2 amide bonds. The first kappa shape index (κ1) is 18.8. The largest absolute Gasteiger partial charge is 0.346 e. The van der Waals surface area contributed by atoms with Crippen LogP contribution < -0.4 is 5.32 Å². The zero-order chi connectivity index (χ0) is 19.6. The first-order valence-corrected chi connectivity index (χ1v) is 9.11. The minimum absolute atomic E-state index is 0.119. The molecule has 0 fully saturated rings. The van der Waals surface area contributed by atoms with Crippen LogP contribution in [0.15, 0.2) is 41.9 Å². The summed E-state index contributed by atoms with van der Waals surface area (Å²) in [5.41, 5.74) is 2.62. The number of aryl methyl sites for hydroxylation is 2. The molecule has 0 aliphatic heterocycles. The number of nitrogens with zero attached hydrogens (tertiary/aromatic N) is 3. The van der Waals surface area contributed by atoms with E-state index in [4.69, 9.17) is 0 Å². The highest BCUT2D eigenvalue weighted by Crippen LogP contribution is 2.24. The average molecular weight is 386 g/mol. The third kappa shape index (κ3) is 4.40. The Labute approximate surface area is 160 Å². The van der Waals surface area contributed by atoms with Gasteiger partial charge in [-0.15, -0.1) is 11.3 Å². The normalized spacial score (nSPS) is 10.7. The number of nitrogens with one attached hydrogen (secondary N) is 1. The van der Waals surface area contributed by atoms with Crippen LogP contribution in [0.4, 0.5) is 10.1 Å². The number of carbonyl (C=O) groups excluding carboxylic acids is 2. The van der Waals surface area contributed by atoms with Gasteiger partial charge in [-0.3, -0.25) is 9.59 Å². The number of amides is 2. The summed E-state index contributed by atoms with van der Waals surface area (Å²) in [7, 11) is 3.34. The lowest BCUT2D eigenvalue weighted by Crippen LogP contribution is -2.35.